The average Bonchev–Trinajstić information content (AvgIpc) is 2.36. The Labute approximate surface area is 101 Å². The number of amides is 1. The lowest BCUT2D eigenvalue weighted by atomic mass is 10.1. The molecule has 0 heterocycles. The van der Waals surface area contributed by atoms with Gasteiger partial charge in [-0.25, -0.2) is 0 Å². The van der Waals surface area contributed by atoms with Crippen LogP contribution in [0.5, 0.6) is 5.75 Å². The first-order chi connectivity index (χ1) is 8.21. The highest BCUT2D eigenvalue weighted by molar-refractivity contribution is 6.01. The van der Waals surface area contributed by atoms with Gasteiger partial charge in [0.1, 0.15) is 17.4 Å². The fourth-order valence-corrected chi connectivity index (χ4v) is 1.31. The summed E-state index contributed by atoms with van der Waals surface area (Å²) in [7, 11) is 1.49. The van der Waals surface area contributed by atoms with Gasteiger partial charge in [-0.3, -0.25) is 4.79 Å². The van der Waals surface area contributed by atoms with Gasteiger partial charge in [-0.2, -0.15) is 5.26 Å². The SMILES string of the molecule is CCOc1cccc(/C=C(/C#N)C(=O)NC)c1. The van der Waals surface area contributed by atoms with Crippen LogP contribution in [0.25, 0.3) is 6.08 Å². The molecule has 0 saturated carbocycles. The van der Waals surface area contributed by atoms with E-state index in [1.807, 2.05) is 31.2 Å². The van der Waals surface area contributed by atoms with Crippen molar-refractivity contribution in [1.29, 1.82) is 5.26 Å². The maximum atomic E-state index is 11.3. The van der Waals surface area contributed by atoms with Gasteiger partial charge in [0.15, 0.2) is 0 Å². The standard InChI is InChI=1S/C13H14N2O2/c1-3-17-12-6-4-5-10(8-12)7-11(9-14)13(16)15-2/h4-8H,3H2,1-2H3,(H,15,16)/b11-7-. The molecular formula is C13H14N2O2. The number of hydrogen-bond donors (Lipinski definition) is 1. The summed E-state index contributed by atoms with van der Waals surface area (Å²) in [6.45, 7) is 2.47. The van der Waals surface area contributed by atoms with Crippen molar-refractivity contribution in [2.45, 2.75) is 6.92 Å². The van der Waals surface area contributed by atoms with Crippen LogP contribution in [0.4, 0.5) is 0 Å². The molecule has 0 saturated heterocycles. The molecule has 1 aromatic carbocycles. The molecule has 4 nitrogen and oxygen atoms in total. The van der Waals surface area contributed by atoms with Crippen LogP contribution in [0.1, 0.15) is 12.5 Å². The van der Waals surface area contributed by atoms with E-state index in [4.69, 9.17) is 10.00 Å². The molecule has 0 aliphatic rings. The van der Waals surface area contributed by atoms with Crippen LogP contribution in [-0.4, -0.2) is 19.6 Å². The third-order valence-corrected chi connectivity index (χ3v) is 2.07. The number of ether oxygens (including phenoxy) is 1. The lowest BCUT2D eigenvalue weighted by molar-refractivity contribution is -0.116. The summed E-state index contributed by atoms with van der Waals surface area (Å²) in [4.78, 5) is 11.3. The van der Waals surface area contributed by atoms with E-state index in [1.54, 1.807) is 6.07 Å². The molecular weight excluding hydrogens is 216 g/mol. The molecule has 0 fully saturated rings. The molecule has 0 radical (unpaired) electrons. The fraction of sp³-hybridized carbons (Fsp3) is 0.231. The van der Waals surface area contributed by atoms with Crippen molar-refractivity contribution in [1.82, 2.24) is 5.32 Å². The highest BCUT2D eigenvalue weighted by atomic mass is 16.5. The molecule has 0 aromatic heterocycles. The normalized spacial score (nSPS) is 10.5. The van der Waals surface area contributed by atoms with Crippen LogP contribution in [0.3, 0.4) is 0 Å². The minimum Gasteiger partial charge on any atom is -0.494 e. The Morgan fingerprint density at radius 1 is 1.59 bits per heavy atom. The van der Waals surface area contributed by atoms with Crippen molar-refractivity contribution in [2.24, 2.45) is 0 Å². The summed E-state index contributed by atoms with van der Waals surface area (Å²) < 4.78 is 5.34. The van der Waals surface area contributed by atoms with Crippen molar-refractivity contribution in [3.05, 3.63) is 35.4 Å². The van der Waals surface area contributed by atoms with Crippen LogP contribution >= 0.6 is 0 Å². The number of hydrogen-bond acceptors (Lipinski definition) is 3. The third kappa shape index (κ3) is 3.65. The van der Waals surface area contributed by atoms with E-state index in [-0.39, 0.29) is 5.57 Å². The number of nitrogens with zero attached hydrogens (tertiary/aromatic N) is 1. The predicted octanol–water partition coefficient (Wildman–Crippen LogP) is 1.74. The highest BCUT2D eigenvalue weighted by Crippen LogP contribution is 2.15. The van der Waals surface area contributed by atoms with Gasteiger partial charge >= 0.3 is 0 Å². The second-order valence-corrected chi connectivity index (χ2v) is 3.25. The van der Waals surface area contributed by atoms with E-state index in [9.17, 15) is 4.79 Å². The Morgan fingerprint density at radius 3 is 2.94 bits per heavy atom. The Kier molecular flexibility index (Phi) is 4.77. The van der Waals surface area contributed by atoms with Crippen LogP contribution in [0.2, 0.25) is 0 Å². The molecule has 0 unspecified atom stereocenters. The first kappa shape index (κ1) is 12.8. The monoisotopic (exact) mass is 230 g/mol. The Bertz CT molecular complexity index is 473. The molecule has 0 spiro atoms. The molecule has 1 amide bonds. The first-order valence-electron chi connectivity index (χ1n) is 5.28. The molecule has 0 bridgehead atoms. The van der Waals surface area contributed by atoms with Crippen molar-refractivity contribution in [3.63, 3.8) is 0 Å². The van der Waals surface area contributed by atoms with E-state index in [2.05, 4.69) is 5.32 Å². The predicted molar refractivity (Wildman–Crippen MR) is 65.3 cm³/mol. The summed E-state index contributed by atoms with van der Waals surface area (Å²) in [6, 6.07) is 9.09. The molecule has 0 aliphatic carbocycles. The van der Waals surface area contributed by atoms with E-state index >= 15 is 0 Å². The van der Waals surface area contributed by atoms with Gasteiger partial charge in [-0.15, -0.1) is 0 Å². The number of nitrogens with one attached hydrogen (secondary N) is 1. The van der Waals surface area contributed by atoms with Gasteiger partial charge in [0.2, 0.25) is 0 Å². The van der Waals surface area contributed by atoms with E-state index in [1.165, 1.54) is 13.1 Å². The Hall–Kier alpha value is -2.28. The molecule has 0 atom stereocenters. The van der Waals surface area contributed by atoms with Gasteiger partial charge in [0.25, 0.3) is 5.91 Å². The zero-order chi connectivity index (χ0) is 12.7. The second kappa shape index (κ2) is 6.33. The van der Waals surface area contributed by atoms with Crippen molar-refractivity contribution in [3.8, 4) is 11.8 Å². The molecule has 4 heteroatoms. The molecule has 0 aliphatic heterocycles. The molecule has 1 N–H and O–H groups in total. The summed E-state index contributed by atoms with van der Waals surface area (Å²) in [6.07, 6.45) is 1.53. The zero-order valence-corrected chi connectivity index (χ0v) is 9.86. The average molecular weight is 230 g/mol. The van der Waals surface area contributed by atoms with E-state index in [0.717, 1.165) is 11.3 Å². The quantitative estimate of drug-likeness (QED) is 0.633. The van der Waals surface area contributed by atoms with Crippen LogP contribution in [-0.2, 0) is 4.79 Å². The maximum absolute atomic E-state index is 11.3. The van der Waals surface area contributed by atoms with E-state index < -0.39 is 5.91 Å². The lowest BCUT2D eigenvalue weighted by Crippen LogP contribution is -2.19. The van der Waals surface area contributed by atoms with Gasteiger partial charge in [-0.1, -0.05) is 12.1 Å². The lowest BCUT2D eigenvalue weighted by Gasteiger charge is -2.03. The maximum Gasteiger partial charge on any atom is 0.261 e. The van der Waals surface area contributed by atoms with Gasteiger partial charge in [-0.05, 0) is 30.7 Å². The minimum absolute atomic E-state index is 0.0705. The van der Waals surface area contributed by atoms with E-state index in [0.29, 0.717) is 6.61 Å². The third-order valence-electron chi connectivity index (χ3n) is 2.07. The summed E-state index contributed by atoms with van der Waals surface area (Å²) in [5, 5.41) is 11.3. The smallest absolute Gasteiger partial charge is 0.261 e. The summed E-state index contributed by atoms with van der Waals surface area (Å²) >= 11 is 0. The number of benzene rings is 1. The first-order valence-corrected chi connectivity index (χ1v) is 5.28. The number of likely N-dealkylation sites (N-methyl/N-ethyl adjacent to an activating group) is 1. The Morgan fingerprint density at radius 2 is 2.35 bits per heavy atom. The zero-order valence-electron chi connectivity index (χ0n) is 9.86. The van der Waals surface area contributed by atoms with Gasteiger partial charge in [0, 0.05) is 7.05 Å². The second-order valence-electron chi connectivity index (χ2n) is 3.25. The molecule has 1 aromatic rings. The van der Waals surface area contributed by atoms with Crippen molar-refractivity contribution < 1.29 is 9.53 Å². The highest BCUT2D eigenvalue weighted by Gasteiger charge is 2.06. The topological polar surface area (TPSA) is 62.1 Å². The Balaban J connectivity index is 3.00. The summed E-state index contributed by atoms with van der Waals surface area (Å²) in [5.74, 6) is 0.324. The van der Waals surface area contributed by atoms with Crippen molar-refractivity contribution in [2.75, 3.05) is 13.7 Å². The molecule has 88 valence electrons. The van der Waals surface area contributed by atoms with Crippen LogP contribution in [0.15, 0.2) is 29.8 Å². The molecule has 1 rings (SSSR count). The number of rotatable bonds is 4. The van der Waals surface area contributed by atoms with Gasteiger partial charge in [0.05, 0.1) is 6.61 Å². The minimum atomic E-state index is -0.394. The van der Waals surface area contributed by atoms with Crippen molar-refractivity contribution >= 4 is 12.0 Å². The fourth-order valence-electron chi connectivity index (χ4n) is 1.31. The van der Waals surface area contributed by atoms with Crippen LogP contribution < -0.4 is 10.1 Å². The number of carbonyl (C=O) groups excluding carboxylic acids is 1. The largest absolute Gasteiger partial charge is 0.494 e. The number of nitriles is 1. The summed E-state index contributed by atoms with van der Waals surface area (Å²) in [5.41, 5.74) is 0.831. The number of carbonyl (C=O) groups is 1. The van der Waals surface area contributed by atoms with Crippen LogP contribution in [0, 0.1) is 11.3 Å². The van der Waals surface area contributed by atoms with Gasteiger partial charge < -0.3 is 10.1 Å². The molecule has 17 heavy (non-hydrogen) atoms.